The third-order valence-electron chi connectivity index (χ3n) is 2.89. The van der Waals surface area contributed by atoms with E-state index in [4.69, 9.17) is 5.73 Å². The van der Waals surface area contributed by atoms with Gasteiger partial charge in [-0.15, -0.1) is 0 Å². The third kappa shape index (κ3) is 4.73. The van der Waals surface area contributed by atoms with E-state index in [1.807, 2.05) is 18.7 Å². The van der Waals surface area contributed by atoms with E-state index in [0.717, 1.165) is 25.2 Å². The van der Waals surface area contributed by atoms with Crippen molar-refractivity contribution in [2.45, 2.75) is 26.6 Å². The predicted molar refractivity (Wildman–Crippen MR) is 71.3 cm³/mol. The summed E-state index contributed by atoms with van der Waals surface area (Å²) in [6.45, 7) is 5.69. The Hall–Kier alpha value is -1.76. The van der Waals surface area contributed by atoms with Gasteiger partial charge in [-0.05, 0) is 36.9 Å². The topological polar surface area (TPSA) is 58.4 Å². The summed E-state index contributed by atoms with van der Waals surface area (Å²) in [5.41, 5.74) is 4.67. The van der Waals surface area contributed by atoms with Crippen LogP contribution in [0.15, 0.2) is 18.2 Å². The van der Waals surface area contributed by atoms with Crippen molar-refractivity contribution >= 4 is 11.7 Å². The highest BCUT2D eigenvalue weighted by Crippen LogP contribution is 2.32. The first-order valence-corrected chi connectivity index (χ1v) is 6.26. The molecular formula is C13H18F3N3O. The van der Waals surface area contributed by atoms with Gasteiger partial charge in [-0.25, -0.2) is 4.79 Å². The Morgan fingerprint density at radius 1 is 1.25 bits per heavy atom. The van der Waals surface area contributed by atoms with E-state index in [0.29, 0.717) is 12.1 Å². The number of primary amides is 1. The summed E-state index contributed by atoms with van der Waals surface area (Å²) in [4.78, 5) is 12.8. The Kier molecular flexibility index (Phi) is 5.38. The summed E-state index contributed by atoms with van der Waals surface area (Å²) in [7, 11) is 0. The number of anilines is 1. The molecule has 1 aromatic rings. The summed E-state index contributed by atoms with van der Waals surface area (Å²) >= 11 is 0. The highest BCUT2D eigenvalue weighted by molar-refractivity contribution is 5.88. The molecule has 0 spiro atoms. The highest BCUT2D eigenvalue weighted by atomic mass is 19.4. The van der Waals surface area contributed by atoms with E-state index in [9.17, 15) is 18.0 Å². The smallest absolute Gasteiger partial charge is 0.351 e. The summed E-state index contributed by atoms with van der Waals surface area (Å²) in [6.07, 6.45) is -4.46. The lowest BCUT2D eigenvalue weighted by atomic mass is 10.1. The van der Waals surface area contributed by atoms with Crippen LogP contribution in [0.2, 0.25) is 0 Å². The van der Waals surface area contributed by atoms with Crippen molar-refractivity contribution in [2.24, 2.45) is 5.73 Å². The number of urea groups is 1. The molecule has 0 heterocycles. The van der Waals surface area contributed by atoms with Gasteiger partial charge in [0.05, 0.1) is 5.56 Å². The number of hydrogen-bond acceptors (Lipinski definition) is 2. The van der Waals surface area contributed by atoms with Crippen LogP contribution >= 0.6 is 0 Å². The van der Waals surface area contributed by atoms with E-state index < -0.39 is 17.8 Å². The van der Waals surface area contributed by atoms with Crippen molar-refractivity contribution in [2.75, 3.05) is 18.4 Å². The lowest BCUT2D eigenvalue weighted by Crippen LogP contribution is -2.23. The Morgan fingerprint density at radius 2 is 1.85 bits per heavy atom. The molecular weight excluding hydrogens is 271 g/mol. The van der Waals surface area contributed by atoms with Crippen LogP contribution in [0.4, 0.5) is 23.7 Å². The monoisotopic (exact) mass is 289 g/mol. The number of benzene rings is 1. The SMILES string of the molecule is CCN(CC)Cc1cc(NC(N)=O)cc(C(F)(F)F)c1. The average molecular weight is 289 g/mol. The second-order valence-corrected chi connectivity index (χ2v) is 4.37. The molecule has 20 heavy (non-hydrogen) atoms. The highest BCUT2D eigenvalue weighted by Gasteiger charge is 2.31. The number of alkyl halides is 3. The van der Waals surface area contributed by atoms with Crippen molar-refractivity contribution in [3.05, 3.63) is 29.3 Å². The van der Waals surface area contributed by atoms with Crippen LogP contribution in [0.3, 0.4) is 0 Å². The van der Waals surface area contributed by atoms with E-state index in [2.05, 4.69) is 5.32 Å². The van der Waals surface area contributed by atoms with Gasteiger partial charge in [0.25, 0.3) is 0 Å². The largest absolute Gasteiger partial charge is 0.416 e. The number of nitrogens with one attached hydrogen (secondary N) is 1. The first kappa shape index (κ1) is 16.3. The number of carbonyl (C=O) groups excluding carboxylic acids is 1. The molecule has 1 rings (SSSR count). The summed E-state index contributed by atoms with van der Waals surface area (Å²) in [6, 6.07) is 2.57. The van der Waals surface area contributed by atoms with Gasteiger partial charge in [0, 0.05) is 12.2 Å². The normalized spacial score (nSPS) is 11.7. The molecule has 0 aromatic heterocycles. The van der Waals surface area contributed by atoms with Crippen LogP contribution in [0, 0.1) is 0 Å². The maximum absolute atomic E-state index is 12.8. The molecule has 0 aliphatic rings. The van der Waals surface area contributed by atoms with Crippen molar-refractivity contribution in [3.63, 3.8) is 0 Å². The van der Waals surface area contributed by atoms with Crippen LogP contribution in [0.25, 0.3) is 0 Å². The minimum atomic E-state index is -4.46. The van der Waals surface area contributed by atoms with Crippen molar-refractivity contribution in [3.8, 4) is 0 Å². The first-order chi connectivity index (χ1) is 9.26. The van der Waals surface area contributed by atoms with Crippen LogP contribution in [0.1, 0.15) is 25.0 Å². The maximum atomic E-state index is 12.8. The molecule has 0 atom stereocenters. The molecule has 0 aliphatic heterocycles. The Balaban J connectivity index is 3.12. The van der Waals surface area contributed by atoms with E-state index in [-0.39, 0.29) is 5.69 Å². The number of nitrogens with zero attached hydrogens (tertiary/aromatic N) is 1. The molecule has 0 unspecified atom stereocenters. The number of amides is 2. The van der Waals surface area contributed by atoms with Gasteiger partial charge in [0.15, 0.2) is 0 Å². The number of nitrogens with two attached hydrogens (primary N) is 1. The zero-order chi connectivity index (χ0) is 15.3. The maximum Gasteiger partial charge on any atom is 0.416 e. The van der Waals surface area contributed by atoms with Crippen molar-refractivity contribution < 1.29 is 18.0 Å². The number of carbonyl (C=O) groups is 1. The van der Waals surface area contributed by atoms with Gasteiger partial charge in [0.1, 0.15) is 0 Å². The molecule has 0 saturated heterocycles. The Labute approximate surface area is 115 Å². The molecule has 2 amide bonds. The zero-order valence-electron chi connectivity index (χ0n) is 11.4. The number of rotatable bonds is 5. The molecule has 1 aromatic carbocycles. The van der Waals surface area contributed by atoms with E-state index in [1.54, 1.807) is 0 Å². The van der Waals surface area contributed by atoms with E-state index >= 15 is 0 Å². The van der Waals surface area contributed by atoms with Gasteiger partial charge in [-0.2, -0.15) is 13.2 Å². The molecule has 3 N–H and O–H groups in total. The summed E-state index contributed by atoms with van der Waals surface area (Å²) < 4.78 is 38.5. The van der Waals surface area contributed by atoms with Gasteiger partial charge in [0.2, 0.25) is 0 Å². The van der Waals surface area contributed by atoms with Crippen LogP contribution in [-0.4, -0.2) is 24.0 Å². The molecule has 0 bridgehead atoms. The second-order valence-electron chi connectivity index (χ2n) is 4.37. The van der Waals surface area contributed by atoms with Gasteiger partial charge >= 0.3 is 12.2 Å². The first-order valence-electron chi connectivity index (χ1n) is 6.26. The molecule has 7 heteroatoms. The fraction of sp³-hybridized carbons (Fsp3) is 0.462. The quantitative estimate of drug-likeness (QED) is 0.875. The lowest BCUT2D eigenvalue weighted by Gasteiger charge is -2.19. The van der Waals surface area contributed by atoms with Gasteiger partial charge in [-0.1, -0.05) is 13.8 Å². The fourth-order valence-corrected chi connectivity index (χ4v) is 1.87. The molecule has 112 valence electrons. The molecule has 0 aliphatic carbocycles. The molecule has 0 fully saturated rings. The number of hydrogen-bond donors (Lipinski definition) is 2. The van der Waals surface area contributed by atoms with Gasteiger partial charge < -0.3 is 11.1 Å². The number of halogens is 3. The van der Waals surface area contributed by atoms with Crippen LogP contribution < -0.4 is 11.1 Å². The lowest BCUT2D eigenvalue weighted by molar-refractivity contribution is -0.137. The average Bonchev–Trinajstić information content (AvgIpc) is 2.33. The van der Waals surface area contributed by atoms with Gasteiger partial charge in [-0.3, -0.25) is 4.90 Å². The molecule has 0 radical (unpaired) electrons. The van der Waals surface area contributed by atoms with Crippen molar-refractivity contribution in [1.82, 2.24) is 4.90 Å². The van der Waals surface area contributed by atoms with Crippen molar-refractivity contribution in [1.29, 1.82) is 0 Å². The minimum Gasteiger partial charge on any atom is -0.351 e. The summed E-state index contributed by atoms with van der Waals surface area (Å²) in [5, 5.41) is 2.19. The van der Waals surface area contributed by atoms with E-state index in [1.165, 1.54) is 6.07 Å². The van der Waals surface area contributed by atoms with Crippen LogP contribution in [0.5, 0.6) is 0 Å². The minimum absolute atomic E-state index is 0.0504. The second kappa shape index (κ2) is 6.60. The fourth-order valence-electron chi connectivity index (χ4n) is 1.87. The Morgan fingerprint density at radius 3 is 2.30 bits per heavy atom. The molecule has 4 nitrogen and oxygen atoms in total. The predicted octanol–water partition coefficient (Wildman–Crippen LogP) is 3.04. The Bertz CT molecular complexity index is 470. The standard InChI is InChI=1S/C13H18F3N3O/c1-3-19(4-2)8-9-5-10(13(14,15)16)7-11(6-9)18-12(17)20/h5-7H,3-4,8H2,1-2H3,(H3,17,18,20). The summed E-state index contributed by atoms with van der Waals surface area (Å²) in [5.74, 6) is 0. The zero-order valence-corrected chi connectivity index (χ0v) is 11.4. The third-order valence-corrected chi connectivity index (χ3v) is 2.89. The van der Waals surface area contributed by atoms with Crippen LogP contribution in [-0.2, 0) is 12.7 Å². The molecule has 0 saturated carbocycles.